The SMILES string of the molecule is [Ca+2].[F-].[F-].[F-].[F-].[F-].[Lu+3]. The van der Waals surface area contributed by atoms with Gasteiger partial charge < -0.3 is 23.5 Å². The third-order valence-corrected chi connectivity index (χ3v) is 0. The molecule has 0 aliphatic rings. The van der Waals surface area contributed by atoms with Gasteiger partial charge in [-0.3, -0.25) is 0 Å². The van der Waals surface area contributed by atoms with E-state index in [-0.39, 0.29) is 98.1 Å². The van der Waals surface area contributed by atoms with Crippen LogP contribution in [0.3, 0.4) is 0 Å². The van der Waals surface area contributed by atoms with Crippen LogP contribution in [0.15, 0.2) is 0 Å². The van der Waals surface area contributed by atoms with Gasteiger partial charge in [-0.05, 0) is 0 Å². The van der Waals surface area contributed by atoms with Crippen LogP contribution < -0.4 is 23.5 Å². The molecule has 52 valence electrons. The van der Waals surface area contributed by atoms with Gasteiger partial charge in [0.1, 0.15) is 0 Å². The van der Waals surface area contributed by atoms with Gasteiger partial charge in [-0.1, -0.05) is 0 Å². The van der Waals surface area contributed by atoms with E-state index in [2.05, 4.69) is 0 Å². The summed E-state index contributed by atoms with van der Waals surface area (Å²) in [5.74, 6) is 0. The van der Waals surface area contributed by atoms with Crippen LogP contribution >= 0.6 is 0 Å². The maximum Gasteiger partial charge on any atom is 3.00 e. The van der Waals surface area contributed by atoms with E-state index >= 15 is 0 Å². The maximum absolute atomic E-state index is 0. The van der Waals surface area contributed by atoms with Gasteiger partial charge in [0.25, 0.3) is 0 Å². The zero-order valence-corrected chi connectivity index (χ0v) is 6.72. The Morgan fingerprint density at radius 2 is 0.429 bits per heavy atom. The van der Waals surface area contributed by atoms with Gasteiger partial charge >= 0.3 is 74.6 Å². The molecule has 7 heteroatoms. The first-order valence-electron chi connectivity index (χ1n) is 0. The Morgan fingerprint density at radius 3 is 0.429 bits per heavy atom. The van der Waals surface area contributed by atoms with Crippen molar-refractivity contribution < 1.29 is 60.4 Å². The molecule has 0 aliphatic carbocycles. The van der Waals surface area contributed by atoms with Crippen LogP contribution in [0.2, 0.25) is 0 Å². The predicted octanol–water partition coefficient (Wildman–Crippen LogP) is -15.4. The third-order valence-electron chi connectivity index (χ3n) is 0. The van der Waals surface area contributed by atoms with Crippen molar-refractivity contribution in [3.8, 4) is 0 Å². The third kappa shape index (κ3) is 66.9. The van der Waals surface area contributed by atoms with Crippen molar-refractivity contribution in [2.24, 2.45) is 0 Å². The van der Waals surface area contributed by atoms with Crippen molar-refractivity contribution >= 4 is 37.7 Å². The summed E-state index contributed by atoms with van der Waals surface area (Å²) in [5, 5.41) is 0. The molecule has 0 unspecified atom stereocenters. The van der Waals surface area contributed by atoms with Crippen molar-refractivity contribution in [1.29, 1.82) is 0 Å². The zero-order valence-electron chi connectivity index (χ0n) is 2.86. The molecule has 0 saturated carbocycles. The number of halogens is 5. The van der Waals surface area contributed by atoms with Crippen LogP contribution in [-0.2, 0) is 0 Å². The predicted molar refractivity (Wildman–Crippen MR) is 5.75 cm³/mol. The standard InChI is InChI=1S/Ca.5FH.Lu/h;5*1H;/q+2;;;;;;+3/p-5. The number of rotatable bonds is 0. The van der Waals surface area contributed by atoms with Crippen molar-refractivity contribution in [1.82, 2.24) is 0 Å². The Labute approximate surface area is 96.4 Å². The first-order valence-corrected chi connectivity index (χ1v) is 0. The summed E-state index contributed by atoms with van der Waals surface area (Å²) in [7, 11) is 0. The molecule has 7 heavy (non-hydrogen) atoms. The van der Waals surface area contributed by atoms with Crippen LogP contribution in [0.1, 0.15) is 0 Å². The van der Waals surface area contributed by atoms with Crippen LogP contribution in [0, 0.1) is 36.9 Å². The van der Waals surface area contributed by atoms with Gasteiger partial charge in [-0.2, -0.15) is 0 Å². The van der Waals surface area contributed by atoms with Crippen molar-refractivity contribution in [2.75, 3.05) is 0 Å². The summed E-state index contributed by atoms with van der Waals surface area (Å²) in [4.78, 5) is 0. The molecular weight excluding hydrogens is 310 g/mol. The molecular formula is CaF5Lu. The summed E-state index contributed by atoms with van der Waals surface area (Å²) < 4.78 is 0. The van der Waals surface area contributed by atoms with Gasteiger partial charge in [0, 0.05) is 0 Å². The average molecular weight is 310 g/mol. The summed E-state index contributed by atoms with van der Waals surface area (Å²) in [5.41, 5.74) is 0. The van der Waals surface area contributed by atoms with Gasteiger partial charge in [0.15, 0.2) is 0 Å². The van der Waals surface area contributed by atoms with Gasteiger partial charge in [-0.15, -0.1) is 0 Å². The first-order chi connectivity index (χ1) is 0. The Hall–Kier alpha value is 2.14. The molecule has 0 nitrogen and oxygen atoms in total. The topological polar surface area (TPSA) is 0 Å². The molecule has 0 aromatic carbocycles. The van der Waals surface area contributed by atoms with Crippen LogP contribution in [0.4, 0.5) is 0 Å². The molecule has 0 aliphatic heterocycles. The molecule has 0 amide bonds. The van der Waals surface area contributed by atoms with Gasteiger partial charge in [-0.25, -0.2) is 0 Å². The molecule has 0 bridgehead atoms. The molecule has 0 rings (SSSR count). The van der Waals surface area contributed by atoms with E-state index in [9.17, 15) is 0 Å². The van der Waals surface area contributed by atoms with Crippen LogP contribution in [0.5, 0.6) is 0 Å². The van der Waals surface area contributed by atoms with E-state index in [4.69, 9.17) is 0 Å². The van der Waals surface area contributed by atoms with E-state index in [1.165, 1.54) is 0 Å². The molecule has 0 radical (unpaired) electrons. The van der Waals surface area contributed by atoms with Crippen molar-refractivity contribution in [3.05, 3.63) is 0 Å². The minimum Gasteiger partial charge on any atom is -1.00 e. The Balaban J connectivity index is 0. The fourth-order valence-corrected chi connectivity index (χ4v) is 0. The van der Waals surface area contributed by atoms with Crippen LogP contribution in [-0.4, -0.2) is 37.7 Å². The van der Waals surface area contributed by atoms with E-state index in [1.807, 2.05) is 0 Å². The van der Waals surface area contributed by atoms with E-state index in [0.29, 0.717) is 0 Å². The molecule has 0 N–H and O–H groups in total. The molecule has 0 spiro atoms. The Kier molecular flexibility index (Phi) is 1710. The molecule has 0 saturated heterocycles. The monoisotopic (exact) mass is 310 g/mol. The summed E-state index contributed by atoms with van der Waals surface area (Å²) >= 11 is 0. The number of hydrogen-bond acceptors (Lipinski definition) is 0. The Bertz CT molecular complexity index is 8.04. The fourth-order valence-electron chi connectivity index (χ4n) is 0. The molecule has 0 aromatic rings. The maximum atomic E-state index is 0. The van der Waals surface area contributed by atoms with Crippen LogP contribution in [0.25, 0.3) is 0 Å². The summed E-state index contributed by atoms with van der Waals surface area (Å²) in [6.07, 6.45) is 0. The van der Waals surface area contributed by atoms with Crippen molar-refractivity contribution in [2.45, 2.75) is 0 Å². The van der Waals surface area contributed by atoms with E-state index in [0.717, 1.165) is 0 Å². The second-order valence-corrected chi connectivity index (χ2v) is 0. The molecule has 0 atom stereocenters. The fraction of sp³-hybridized carbons (Fsp3) is 0. The number of hydrogen-bond donors (Lipinski definition) is 0. The van der Waals surface area contributed by atoms with Crippen molar-refractivity contribution in [3.63, 3.8) is 0 Å². The summed E-state index contributed by atoms with van der Waals surface area (Å²) in [6.45, 7) is 0. The van der Waals surface area contributed by atoms with E-state index in [1.54, 1.807) is 0 Å². The smallest absolute Gasteiger partial charge is 1.00 e. The quantitative estimate of drug-likeness (QED) is 0.308. The molecule has 0 fully saturated rings. The largest absolute Gasteiger partial charge is 3.00 e. The minimum atomic E-state index is 0. The zero-order chi connectivity index (χ0) is 0. The van der Waals surface area contributed by atoms with Gasteiger partial charge in [0.05, 0.1) is 0 Å². The molecule has 0 aromatic heterocycles. The normalized spacial score (nSPS) is 0. The second-order valence-electron chi connectivity index (χ2n) is 0. The average Bonchev–Trinajstić information content (AvgIpc) is 0. The van der Waals surface area contributed by atoms with Gasteiger partial charge in [0.2, 0.25) is 0 Å². The molecule has 0 heterocycles. The Morgan fingerprint density at radius 1 is 0.429 bits per heavy atom. The minimum absolute atomic E-state index is 0. The van der Waals surface area contributed by atoms with E-state index < -0.39 is 0 Å². The summed E-state index contributed by atoms with van der Waals surface area (Å²) in [6, 6.07) is 0. The second kappa shape index (κ2) is 90.4. The first kappa shape index (κ1) is 132.